The van der Waals surface area contributed by atoms with Gasteiger partial charge in [0.15, 0.2) is 5.78 Å². The second-order valence-electron chi connectivity index (χ2n) is 7.40. The number of hydrogen-bond donors (Lipinski definition) is 1. The molecular formula is C23H26N2O3. The van der Waals surface area contributed by atoms with Crippen molar-refractivity contribution in [2.45, 2.75) is 39.5 Å². The molecule has 0 aliphatic carbocycles. The zero-order valence-corrected chi connectivity index (χ0v) is 16.6. The van der Waals surface area contributed by atoms with E-state index in [1.54, 1.807) is 29.2 Å². The average Bonchev–Trinajstić information content (AvgIpc) is 3.09. The third-order valence-electron chi connectivity index (χ3n) is 5.43. The maximum atomic E-state index is 12.7. The van der Waals surface area contributed by atoms with Crippen molar-refractivity contribution in [3.63, 3.8) is 0 Å². The van der Waals surface area contributed by atoms with E-state index in [4.69, 9.17) is 0 Å². The van der Waals surface area contributed by atoms with Gasteiger partial charge in [-0.3, -0.25) is 14.4 Å². The number of anilines is 2. The fourth-order valence-corrected chi connectivity index (χ4v) is 3.52. The first-order valence-corrected chi connectivity index (χ1v) is 9.71. The van der Waals surface area contributed by atoms with Gasteiger partial charge in [0, 0.05) is 29.9 Å². The summed E-state index contributed by atoms with van der Waals surface area (Å²) in [6.07, 6.45) is 1.19. The number of hydrogen-bond acceptors (Lipinski definition) is 3. The molecular weight excluding hydrogens is 352 g/mol. The molecule has 2 aromatic carbocycles. The second-order valence-corrected chi connectivity index (χ2v) is 7.40. The Bertz CT molecular complexity index is 889. The van der Waals surface area contributed by atoms with Crippen molar-refractivity contribution < 1.29 is 14.4 Å². The van der Waals surface area contributed by atoms with Crippen molar-refractivity contribution in [3.8, 4) is 0 Å². The summed E-state index contributed by atoms with van der Waals surface area (Å²) in [6, 6.07) is 14.7. The lowest BCUT2D eigenvalue weighted by Gasteiger charge is -2.23. The standard InChI is InChI=1S/C23H26N2O3/c1-4-15(2)20-7-5-6-8-21(20)25-14-18(13-22(25)27)23(28)24-19-11-9-17(10-12-19)16(3)26/h5-12,15,18H,4,13-14H2,1-3H3,(H,24,28)/t15-,18+/m1/s1. The molecule has 1 saturated heterocycles. The van der Waals surface area contributed by atoms with E-state index in [2.05, 4.69) is 25.2 Å². The summed E-state index contributed by atoms with van der Waals surface area (Å²) in [7, 11) is 0. The molecule has 0 unspecified atom stereocenters. The fourth-order valence-electron chi connectivity index (χ4n) is 3.52. The summed E-state index contributed by atoms with van der Waals surface area (Å²) in [4.78, 5) is 38.4. The van der Waals surface area contributed by atoms with Crippen LogP contribution in [0.25, 0.3) is 0 Å². The van der Waals surface area contributed by atoms with Gasteiger partial charge >= 0.3 is 0 Å². The number of para-hydroxylation sites is 1. The molecule has 1 heterocycles. The van der Waals surface area contributed by atoms with Gasteiger partial charge in [-0.05, 0) is 55.2 Å². The number of nitrogens with zero attached hydrogens (tertiary/aromatic N) is 1. The molecule has 5 nitrogen and oxygen atoms in total. The molecule has 0 bridgehead atoms. The molecule has 0 aromatic heterocycles. The Morgan fingerprint density at radius 3 is 2.46 bits per heavy atom. The molecule has 0 saturated carbocycles. The lowest BCUT2D eigenvalue weighted by Crippen LogP contribution is -2.29. The van der Waals surface area contributed by atoms with E-state index in [0.29, 0.717) is 23.7 Å². The van der Waals surface area contributed by atoms with Crippen LogP contribution in [0.4, 0.5) is 11.4 Å². The summed E-state index contributed by atoms with van der Waals surface area (Å²) in [6.45, 7) is 6.16. The van der Waals surface area contributed by atoms with Crippen molar-refractivity contribution in [2.75, 3.05) is 16.8 Å². The Morgan fingerprint density at radius 1 is 1.14 bits per heavy atom. The third-order valence-corrected chi connectivity index (χ3v) is 5.43. The monoisotopic (exact) mass is 378 g/mol. The summed E-state index contributed by atoms with van der Waals surface area (Å²) >= 11 is 0. The van der Waals surface area contributed by atoms with Crippen molar-refractivity contribution in [3.05, 3.63) is 59.7 Å². The van der Waals surface area contributed by atoms with Crippen LogP contribution in [0.2, 0.25) is 0 Å². The minimum atomic E-state index is -0.398. The molecule has 1 aliphatic heterocycles. The quantitative estimate of drug-likeness (QED) is 0.758. The lowest BCUT2D eigenvalue weighted by molar-refractivity contribution is -0.122. The number of carbonyl (C=O) groups is 3. The van der Waals surface area contributed by atoms with E-state index in [1.807, 2.05) is 18.2 Å². The van der Waals surface area contributed by atoms with Gasteiger partial charge < -0.3 is 10.2 Å². The maximum absolute atomic E-state index is 12.7. The van der Waals surface area contributed by atoms with Crippen molar-refractivity contribution in [2.24, 2.45) is 5.92 Å². The molecule has 2 amide bonds. The van der Waals surface area contributed by atoms with Gasteiger partial charge in [0.1, 0.15) is 0 Å². The third kappa shape index (κ3) is 4.14. The molecule has 28 heavy (non-hydrogen) atoms. The first-order chi connectivity index (χ1) is 13.4. The average molecular weight is 378 g/mol. The lowest BCUT2D eigenvalue weighted by atomic mass is 9.96. The van der Waals surface area contributed by atoms with Crippen LogP contribution in [-0.4, -0.2) is 24.1 Å². The number of amides is 2. The number of rotatable bonds is 6. The molecule has 5 heteroatoms. The Morgan fingerprint density at radius 2 is 1.82 bits per heavy atom. The van der Waals surface area contributed by atoms with Gasteiger partial charge in [-0.25, -0.2) is 0 Å². The molecule has 1 aliphatic rings. The topological polar surface area (TPSA) is 66.5 Å². The van der Waals surface area contributed by atoms with E-state index in [0.717, 1.165) is 17.7 Å². The second kappa shape index (κ2) is 8.38. The Balaban J connectivity index is 1.72. The first-order valence-electron chi connectivity index (χ1n) is 9.71. The van der Waals surface area contributed by atoms with Gasteiger partial charge in [-0.2, -0.15) is 0 Å². The largest absolute Gasteiger partial charge is 0.326 e. The van der Waals surface area contributed by atoms with Crippen LogP contribution in [0.15, 0.2) is 48.5 Å². The maximum Gasteiger partial charge on any atom is 0.229 e. The molecule has 3 rings (SSSR count). The molecule has 146 valence electrons. The van der Waals surface area contributed by atoms with Gasteiger partial charge in [0.25, 0.3) is 0 Å². The summed E-state index contributed by atoms with van der Waals surface area (Å²) in [5, 5.41) is 2.86. The van der Waals surface area contributed by atoms with Crippen molar-refractivity contribution in [1.29, 1.82) is 0 Å². The minimum Gasteiger partial charge on any atom is -0.326 e. The smallest absolute Gasteiger partial charge is 0.229 e. The number of benzene rings is 2. The van der Waals surface area contributed by atoms with Gasteiger partial charge in [0.2, 0.25) is 11.8 Å². The number of carbonyl (C=O) groups excluding carboxylic acids is 3. The number of ketones is 1. The zero-order chi connectivity index (χ0) is 20.3. The molecule has 0 spiro atoms. The van der Waals surface area contributed by atoms with Crippen LogP contribution >= 0.6 is 0 Å². The highest BCUT2D eigenvalue weighted by atomic mass is 16.2. The van der Waals surface area contributed by atoms with Crippen LogP contribution < -0.4 is 10.2 Å². The molecule has 2 atom stereocenters. The Kier molecular flexibility index (Phi) is 5.93. The Labute approximate surface area is 165 Å². The van der Waals surface area contributed by atoms with E-state index < -0.39 is 5.92 Å². The highest BCUT2D eigenvalue weighted by Gasteiger charge is 2.36. The summed E-state index contributed by atoms with van der Waals surface area (Å²) in [5.74, 6) is -0.271. The van der Waals surface area contributed by atoms with Crippen LogP contribution in [0.3, 0.4) is 0 Å². The SMILES string of the molecule is CC[C@@H](C)c1ccccc1N1C[C@@H](C(=O)Nc2ccc(C(C)=O)cc2)CC1=O. The van der Waals surface area contributed by atoms with E-state index in [-0.39, 0.29) is 24.0 Å². The molecule has 0 radical (unpaired) electrons. The Hall–Kier alpha value is -2.95. The van der Waals surface area contributed by atoms with E-state index in [9.17, 15) is 14.4 Å². The van der Waals surface area contributed by atoms with Crippen molar-refractivity contribution in [1.82, 2.24) is 0 Å². The zero-order valence-electron chi connectivity index (χ0n) is 16.6. The van der Waals surface area contributed by atoms with Gasteiger partial charge in [-0.1, -0.05) is 32.0 Å². The van der Waals surface area contributed by atoms with Crippen LogP contribution in [0, 0.1) is 5.92 Å². The highest BCUT2D eigenvalue weighted by molar-refractivity contribution is 6.04. The summed E-state index contributed by atoms with van der Waals surface area (Å²) < 4.78 is 0. The molecule has 2 aromatic rings. The van der Waals surface area contributed by atoms with E-state index in [1.165, 1.54) is 6.92 Å². The summed E-state index contributed by atoms with van der Waals surface area (Å²) in [5.41, 5.74) is 3.27. The van der Waals surface area contributed by atoms with Gasteiger partial charge in [0.05, 0.1) is 5.92 Å². The molecule has 1 fully saturated rings. The van der Waals surface area contributed by atoms with Gasteiger partial charge in [-0.15, -0.1) is 0 Å². The number of nitrogens with one attached hydrogen (secondary N) is 1. The minimum absolute atomic E-state index is 0.0186. The normalized spacial score (nSPS) is 17.5. The van der Waals surface area contributed by atoms with Crippen LogP contribution in [0.5, 0.6) is 0 Å². The molecule has 1 N–H and O–H groups in total. The fraction of sp³-hybridized carbons (Fsp3) is 0.348. The highest BCUT2D eigenvalue weighted by Crippen LogP contribution is 2.33. The number of Topliss-reactive ketones (excluding diaryl/α,β-unsaturated/α-hetero) is 1. The van der Waals surface area contributed by atoms with E-state index >= 15 is 0 Å². The predicted molar refractivity (Wildman–Crippen MR) is 111 cm³/mol. The van der Waals surface area contributed by atoms with Crippen LogP contribution in [0.1, 0.15) is 55.5 Å². The van der Waals surface area contributed by atoms with Crippen molar-refractivity contribution >= 4 is 29.0 Å². The van der Waals surface area contributed by atoms with Crippen LogP contribution in [-0.2, 0) is 9.59 Å². The first kappa shape index (κ1) is 19.8. The predicted octanol–water partition coefficient (Wildman–Crippen LogP) is 4.39.